The van der Waals surface area contributed by atoms with Crippen molar-refractivity contribution in [2.24, 2.45) is 0 Å². The largest absolute Gasteiger partial charge is 0.255 e. The third-order valence-electron chi connectivity index (χ3n) is 2.17. The van der Waals surface area contributed by atoms with Crippen LogP contribution in [0.15, 0.2) is 18.2 Å². The smallest absolute Gasteiger partial charge is 0.206 e. The normalized spacial score (nSPS) is 24.5. The molecule has 0 N–H and O–H groups in total. The van der Waals surface area contributed by atoms with Crippen molar-refractivity contribution < 1.29 is 13.2 Å². The van der Waals surface area contributed by atoms with E-state index in [1.54, 1.807) is 0 Å². The van der Waals surface area contributed by atoms with Crippen LogP contribution in [0.4, 0.5) is 13.2 Å². The average Bonchev–Trinajstić information content (AvgIpc) is 2.66. The highest BCUT2D eigenvalue weighted by molar-refractivity contribution is 6.30. The minimum atomic E-state index is -2.65. The third-order valence-corrected chi connectivity index (χ3v) is 2.48. The lowest BCUT2D eigenvalue weighted by Crippen LogP contribution is -1.93. The van der Waals surface area contributed by atoms with Gasteiger partial charge in [-0.1, -0.05) is 17.7 Å². The highest BCUT2D eigenvalue weighted by atomic mass is 35.5. The Bertz CT molecular complexity index is 349. The zero-order valence-electron chi connectivity index (χ0n) is 6.53. The fourth-order valence-corrected chi connectivity index (χ4v) is 1.42. The maximum absolute atomic E-state index is 12.8. The second-order valence-corrected chi connectivity index (χ2v) is 3.60. The lowest BCUT2D eigenvalue weighted by Gasteiger charge is -2.00. The van der Waals surface area contributed by atoms with Crippen molar-refractivity contribution in [2.45, 2.75) is 18.3 Å². The molecule has 1 atom stereocenters. The second kappa shape index (κ2) is 2.64. The minimum absolute atomic E-state index is 0.0345. The summed E-state index contributed by atoms with van der Waals surface area (Å²) >= 11 is 5.41. The molecule has 1 aromatic carbocycles. The van der Waals surface area contributed by atoms with Gasteiger partial charge in [0.1, 0.15) is 5.82 Å². The van der Waals surface area contributed by atoms with E-state index >= 15 is 0 Å². The molecule has 0 nitrogen and oxygen atoms in total. The maximum Gasteiger partial charge on any atom is 0.255 e. The van der Waals surface area contributed by atoms with Crippen molar-refractivity contribution in [3.8, 4) is 0 Å². The van der Waals surface area contributed by atoms with E-state index in [9.17, 15) is 13.2 Å². The molecule has 1 fully saturated rings. The van der Waals surface area contributed by atoms with Gasteiger partial charge in [0.2, 0.25) is 0 Å². The molecular weight excluding hydrogens is 201 g/mol. The summed E-state index contributed by atoms with van der Waals surface area (Å²) in [5.74, 6) is -4.11. The van der Waals surface area contributed by atoms with Crippen LogP contribution in [0.25, 0.3) is 0 Å². The van der Waals surface area contributed by atoms with E-state index in [4.69, 9.17) is 11.6 Å². The minimum Gasteiger partial charge on any atom is -0.206 e. The Morgan fingerprint density at radius 3 is 2.46 bits per heavy atom. The molecule has 0 aromatic heterocycles. The molecule has 0 saturated heterocycles. The second-order valence-electron chi connectivity index (χ2n) is 3.19. The summed E-state index contributed by atoms with van der Waals surface area (Å²) in [5.41, 5.74) is 0.326. The van der Waals surface area contributed by atoms with Gasteiger partial charge >= 0.3 is 0 Å². The molecule has 1 aliphatic carbocycles. The van der Waals surface area contributed by atoms with Crippen molar-refractivity contribution >= 4 is 11.6 Å². The molecule has 0 aliphatic heterocycles. The molecule has 4 heteroatoms. The van der Waals surface area contributed by atoms with Crippen molar-refractivity contribution in [1.29, 1.82) is 0 Å². The van der Waals surface area contributed by atoms with E-state index in [-0.39, 0.29) is 11.4 Å². The first-order valence-corrected chi connectivity index (χ1v) is 4.21. The Labute approximate surface area is 78.3 Å². The van der Waals surface area contributed by atoms with Crippen molar-refractivity contribution in [1.82, 2.24) is 0 Å². The van der Waals surface area contributed by atoms with Gasteiger partial charge in [-0.05, 0) is 17.7 Å². The first-order valence-electron chi connectivity index (χ1n) is 3.83. The molecule has 2 rings (SSSR count). The summed E-state index contributed by atoms with van der Waals surface area (Å²) in [5, 5.41) is -0.0345. The highest BCUT2D eigenvalue weighted by Crippen LogP contribution is 2.55. The zero-order valence-corrected chi connectivity index (χ0v) is 7.28. The first kappa shape index (κ1) is 8.88. The average molecular weight is 207 g/mol. The molecule has 1 unspecified atom stereocenters. The summed E-state index contributed by atoms with van der Waals surface area (Å²) in [6.45, 7) is 0. The van der Waals surface area contributed by atoms with Crippen LogP contribution < -0.4 is 0 Å². The van der Waals surface area contributed by atoms with E-state index in [0.29, 0.717) is 5.56 Å². The van der Waals surface area contributed by atoms with Crippen LogP contribution in [0.2, 0.25) is 5.02 Å². The van der Waals surface area contributed by atoms with Gasteiger partial charge in [0.25, 0.3) is 5.92 Å². The van der Waals surface area contributed by atoms with Gasteiger partial charge in [0.05, 0.1) is 10.9 Å². The van der Waals surface area contributed by atoms with E-state index in [1.807, 2.05) is 0 Å². The summed E-state index contributed by atoms with van der Waals surface area (Å²) < 4.78 is 38.0. The first-order chi connectivity index (χ1) is 6.00. The quantitative estimate of drug-likeness (QED) is 0.659. The SMILES string of the molecule is Fc1cc(C2CC2(F)F)ccc1Cl. The Morgan fingerprint density at radius 1 is 1.38 bits per heavy atom. The summed E-state index contributed by atoms with van der Waals surface area (Å²) in [6, 6.07) is 3.82. The van der Waals surface area contributed by atoms with Crippen molar-refractivity contribution in [3.63, 3.8) is 0 Å². The number of benzene rings is 1. The van der Waals surface area contributed by atoms with Crippen LogP contribution in [0.5, 0.6) is 0 Å². The van der Waals surface area contributed by atoms with E-state index in [2.05, 4.69) is 0 Å². The van der Waals surface area contributed by atoms with E-state index < -0.39 is 17.7 Å². The Hall–Kier alpha value is -0.700. The summed E-state index contributed by atoms with van der Waals surface area (Å²) in [4.78, 5) is 0. The van der Waals surface area contributed by atoms with Gasteiger partial charge in [0.15, 0.2) is 0 Å². The molecule has 13 heavy (non-hydrogen) atoms. The molecule has 0 amide bonds. The van der Waals surface area contributed by atoms with Gasteiger partial charge in [-0.15, -0.1) is 0 Å². The van der Waals surface area contributed by atoms with Crippen LogP contribution in [-0.2, 0) is 0 Å². The topological polar surface area (TPSA) is 0 Å². The molecule has 1 saturated carbocycles. The van der Waals surface area contributed by atoms with E-state index in [0.717, 1.165) is 6.07 Å². The fourth-order valence-electron chi connectivity index (χ4n) is 1.30. The lowest BCUT2D eigenvalue weighted by molar-refractivity contribution is 0.112. The fraction of sp³-hybridized carbons (Fsp3) is 0.333. The third kappa shape index (κ3) is 1.53. The summed E-state index contributed by atoms with van der Waals surface area (Å²) in [7, 11) is 0. The number of alkyl halides is 2. The van der Waals surface area contributed by atoms with Crippen LogP contribution in [0.3, 0.4) is 0 Å². The summed E-state index contributed by atoms with van der Waals surface area (Å²) in [6.07, 6.45) is -0.186. The van der Waals surface area contributed by atoms with Gasteiger partial charge in [-0.2, -0.15) is 0 Å². The Balaban J connectivity index is 2.29. The van der Waals surface area contributed by atoms with Crippen molar-refractivity contribution in [3.05, 3.63) is 34.6 Å². The van der Waals surface area contributed by atoms with Crippen LogP contribution in [0.1, 0.15) is 17.9 Å². The maximum atomic E-state index is 12.8. The predicted octanol–water partition coefficient (Wildman–Crippen LogP) is 3.60. The molecular formula is C9H6ClF3. The van der Waals surface area contributed by atoms with Gasteiger partial charge in [-0.25, -0.2) is 13.2 Å². The number of halogens is 4. The molecule has 1 aromatic rings. The van der Waals surface area contributed by atoms with Gasteiger partial charge < -0.3 is 0 Å². The van der Waals surface area contributed by atoms with Crippen LogP contribution >= 0.6 is 11.6 Å². The standard InChI is InChI=1S/C9H6ClF3/c10-7-2-1-5(3-8(7)11)6-4-9(6,12)13/h1-3,6H,4H2. The highest BCUT2D eigenvalue weighted by Gasteiger charge is 2.57. The van der Waals surface area contributed by atoms with Gasteiger partial charge in [0, 0.05) is 6.42 Å². The van der Waals surface area contributed by atoms with Crippen molar-refractivity contribution in [2.75, 3.05) is 0 Å². The molecule has 0 heterocycles. The van der Waals surface area contributed by atoms with E-state index in [1.165, 1.54) is 12.1 Å². The molecule has 0 radical (unpaired) electrons. The molecule has 0 spiro atoms. The van der Waals surface area contributed by atoms with Crippen LogP contribution in [0, 0.1) is 5.82 Å². The lowest BCUT2D eigenvalue weighted by atomic mass is 10.1. The molecule has 1 aliphatic rings. The zero-order chi connectivity index (χ0) is 9.64. The monoisotopic (exact) mass is 206 g/mol. The predicted molar refractivity (Wildman–Crippen MR) is 43.7 cm³/mol. The van der Waals surface area contributed by atoms with Crippen LogP contribution in [-0.4, -0.2) is 5.92 Å². The number of hydrogen-bond donors (Lipinski definition) is 0. The molecule has 70 valence electrons. The van der Waals surface area contributed by atoms with Gasteiger partial charge in [-0.3, -0.25) is 0 Å². The number of hydrogen-bond acceptors (Lipinski definition) is 0. The molecule has 0 bridgehead atoms. The Morgan fingerprint density at radius 2 is 2.00 bits per heavy atom. The Kier molecular flexibility index (Phi) is 1.80. The number of rotatable bonds is 1.